The summed E-state index contributed by atoms with van der Waals surface area (Å²) in [7, 11) is 0. The summed E-state index contributed by atoms with van der Waals surface area (Å²) < 4.78 is 46.0. The molecule has 1 aliphatic heterocycles. The van der Waals surface area contributed by atoms with E-state index in [2.05, 4.69) is 31.2 Å². The van der Waals surface area contributed by atoms with Gasteiger partial charge in [-0.3, -0.25) is 18.7 Å². The number of hydrogen-bond donors (Lipinski definition) is 2. The maximum atomic E-state index is 13.9. The summed E-state index contributed by atoms with van der Waals surface area (Å²) in [4.78, 5) is 49.9. The Morgan fingerprint density at radius 1 is 1.09 bits per heavy atom. The fraction of sp³-hybridized carbons (Fsp3) is 0.200. The molecule has 0 aliphatic carbocycles. The number of ether oxygens (including phenoxy) is 1. The number of halogens is 5. The van der Waals surface area contributed by atoms with Crippen molar-refractivity contribution in [1.82, 2.24) is 29.3 Å². The molecule has 5 aromatic rings. The van der Waals surface area contributed by atoms with Gasteiger partial charge in [0.15, 0.2) is 6.61 Å². The fourth-order valence-corrected chi connectivity index (χ4v) is 5.63. The van der Waals surface area contributed by atoms with E-state index in [1.807, 2.05) is 18.2 Å². The van der Waals surface area contributed by atoms with Crippen molar-refractivity contribution < 1.29 is 27.5 Å². The van der Waals surface area contributed by atoms with Crippen LogP contribution in [0.15, 0.2) is 76.3 Å². The lowest BCUT2D eigenvalue weighted by atomic mass is 10.1. The van der Waals surface area contributed by atoms with Gasteiger partial charge in [-0.1, -0.05) is 23.7 Å². The Balaban J connectivity index is 1.36. The van der Waals surface area contributed by atoms with E-state index in [1.54, 1.807) is 18.5 Å². The summed E-state index contributed by atoms with van der Waals surface area (Å²) in [5.41, 5.74) is 2.53. The van der Waals surface area contributed by atoms with Crippen LogP contribution in [0.2, 0.25) is 5.02 Å². The van der Waals surface area contributed by atoms with Gasteiger partial charge in [-0.2, -0.15) is 13.2 Å². The highest BCUT2D eigenvalue weighted by molar-refractivity contribution is 9.10. The average Bonchev–Trinajstić information content (AvgIpc) is 3.62. The van der Waals surface area contributed by atoms with Crippen molar-refractivity contribution >= 4 is 50.4 Å². The van der Waals surface area contributed by atoms with Crippen molar-refractivity contribution in [1.29, 1.82) is 0 Å². The summed E-state index contributed by atoms with van der Waals surface area (Å²) in [6.45, 7) is -1.15. The molecule has 2 amide bonds. The molecule has 0 spiro atoms. The number of hydrogen-bond acceptors (Lipinski definition) is 5. The van der Waals surface area contributed by atoms with Gasteiger partial charge in [-0.25, -0.2) is 9.78 Å². The van der Waals surface area contributed by atoms with Gasteiger partial charge in [0.05, 0.1) is 40.3 Å². The van der Waals surface area contributed by atoms with Crippen molar-refractivity contribution in [2.45, 2.75) is 25.8 Å². The van der Waals surface area contributed by atoms with Gasteiger partial charge < -0.3 is 19.9 Å². The van der Waals surface area contributed by atoms with E-state index in [4.69, 9.17) is 16.3 Å². The molecule has 15 heteroatoms. The van der Waals surface area contributed by atoms with Crippen LogP contribution in [0.3, 0.4) is 0 Å². The second-order valence-corrected chi connectivity index (χ2v) is 11.5. The smallest absolute Gasteiger partial charge is 0.422 e. The van der Waals surface area contributed by atoms with Crippen LogP contribution < -0.4 is 15.7 Å². The van der Waals surface area contributed by atoms with E-state index in [-0.39, 0.29) is 49.2 Å². The highest BCUT2D eigenvalue weighted by atomic mass is 79.9. The van der Waals surface area contributed by atoms with E-state index in [0.717, 1.165) is 11.1 Å². The third-order valence-corrected chi connectivity index (χ3v) is 8.55. The molecule has 232 valence electrons. The van der Waals surface area contributed by atoms with Crippen LogP contribution >= 0.6 is 27.5 Å². The number of amides is 2. The molecule has 0 radical (unpaired) electrons. The third kappa shape index (κ3) is 6.20. The summed E-state index contributed by atoms with van der Waals surface area (Å²) in [6, 6.07) is 15.7. The van der Waals surface area contributed by atoms with Crippen LogP contribution in [0.25, 0.3) is 16.7 Å². The summed E-state index contributed by atoms with van der Waals surface area (Å²) in [5, 5.41) is 3.22. The number of alkyl halides is 3. The highest BCUT2D eigenvalue weighted by Gasteiger charge is 2.33. The Morgan fingerprint density at radius 2 is 1.87 bits per heavy atom. The predicted molar refractivity (Wildman–Crippen MR) is 163 cm³/mol. The van der Waals surface area contributed by atoms with Crippen LogP contribution in [-0.2, 0) is 19.6 Å². The predicted octanol–water partition coefficient (Wildman–Crippen LogP) is 5.46. The first-order valence-corrected chi connectivity index (χ1v) is 14.7. The normalized spacial score (nSPS) is 13.1. The van der Waals surface area contributed by atoms with E-state index in [9.17, 15) is 27.6 Å². The Kier molecular flexibility index (Phi) is 8.18. The number of imidazole rings is 2. The molecule has 0 atom stereocenters. The van der Waals surface area contributed by atoms with Gasteiger partial charge in [-0.15, -0.1) is 0 Å². The zero-order valence-electron chi connectivity index (χ0n) is 23.2. The lowest BCUT2D eigenvalue weighted by Crippen LogP contribution is -2.41. The van der Waals surface area contributed by atoms with Crippen molar-refractivity contribution in [3.63, 3.8) is 0 Å². The van der Waals surface area contributed by atoms with Crippen molar-refractivity contribution in [2.24, 2.45) is 0 Å². The van der Waals surface area contributed by atoms with E-state index in [0.29, 0.717) is 26.3 Å². The molecule has 6 rings (SSSR count). The number of benzene rings is 3. The van der Waals surface area contributed by atoms with Crippen molar-refractivity contribution in [3.8, 4) is 11.4 Å². The first kappa shape index (κ1) is 30.5. The topological polar surface area (TPSA) is 114 Å². The molecule has 3 aromatic carbocycles. The Hall–Kier alpha value is -4.56. The molecule has 2 aromatic heterocycles. The van der Waals surface area contributed by atoms with Gasteiger partial charge >= 0.3 is 11.9 Å². The Labute approximate surface area is 266 Å². The molecule has 3 heterocycles. The molecule has 2 N–H and O–H groups in total. The van der Waals surface area contributed by atoms with Gasteiger partial charge in [0.2, 0.25) is 0 Å². The lowest BCUT2D eigenvalue weighted by molar-refractivity contribution is -0.153. The fourth-order valence-electron chi connectivity index (χ4n) is 5.20. The lowest BCUT2D eigenvalue weighted by Gasteiger charge is -2.28. The number of carbonyl (C=O) groups excluding carboxylic acids is 2. The minimum absolute atomic E-state index is 0.00972. The average molecular weight is 704 g/mol. The SMILES string of the molecule is O=C(NCc1cccc2[nH]cnc12)c1c2n(c(=O)n1-c1ccc(OCC(F)(F)F)cc1)CCN(C(=O)c1ccc(Br)c(Cl)c1)C2. The molecule has 10 nitrogen and oxygen atoms in total. The second kappa shape index (κ2) is 12.1. The van der Waals surface area contributed by atoms with Gasteiger partial charge in [-0.05, 0) is 70.0 Å². The van der Waals surface area contributed by atoms with Crippen molar-refractivity contribution in [3.05, 3.63) is 109 Å². The van der Waals surface area contributed by atoms with Crippen molar-refractivity contribution in [2.75, 3.05) is 13.2 Å². The molecule has 0 unspecified atom stereocenters. The number of aromatic nitrogens is 4. The van der Waals surface area contributed by atoms with Crippen LogP contribution in [0.5, 0.6) is 5.75 Å². The zero-order valence-corrected chi connectivity index (χ0v) is 25.5. The number of aromatic amines is 1. The molecule has 0 saturated heterocycles. The molecular formula is C30H23BrClF3N6O4. The Bertz CT molecular complexity index is 1990. The Morgan fingerprint density at radius 3 is 2.60 bits per heavy atom. The monoisotopic (exact) mass is 702 g/mol. The quantitative estimate of drug-likeness (QED) is 0.234. The summed E-state index contributed by atoms with van der Waals surface area (Å²) in [6.07, 6.45) is -2.97. The first-order chi connectivity index (χ1) is 21.5. The number of fused-ring (bicyclic) bond motifs is 2. The number of carbonyl (C=O) groups is 2. The molecular weight excluding hydrogens is 681 g/mol. The highest BCUT2D eigenvalue weighted by Crippen LogP contribution is 2.27. The minimum Gasteiger partial charge on any atom is -0.484 e. The minimum atomic E-state index is -4.52. The van der Waals surface area contributed by atoms with Gasteiger partial charge in [0.25, 0.3) is 11.8 Å². The van der Waals surface area contributed by atoms with E-state index >= 15 is 0 Å². The maximum Gasteiger partial charge on any atom is 0.422 e. The summed E-state index contributed by atoms with van der Waals surface area (Å²) in [5.74, 6) is -0.985. The van der Waals surface area contributed by atoms with Gasteiger partial charge in [0.1, 0.15) is 11.4 Å². The number of nitrogens with one attached hydrogen (secondary N) is 2. The van der Waals surface area contributed by atoms with Crippen LogP contribution in [0, 0.1) is 0 Å². The zero-order chi connectivity index (χ0) is 31.9. The molecule has 0 bridgehead atoms. The third-order valence-electron chi connectivity index (χ3n) is 7.32. The van der Waals surface area contributed by atoms with E-state index in [1.165, 1.54) is 44.4 Å². The largest absolute Gasteiger partial charge is 0.484 e. The van der Waals surface area contributed by atoms with Gasteiger partial charge in [0, 0.05) is 29.7 Å². The van der Waals surface area contributed by atoms with Crippen LogP contribution in [0.1, 0.15) is 32.1 Å². The number of rotatable bonds is 7. The van der Waals surface area contributed by atoms with Crippen LogP contribution in [0.4, 0.5) is 13.2 Å². The standard InChI is InChI=1S/C30H23BrClF3N6O4/c31-21-9-4-17(12-22(21)32)28(43)39-10-11-40-24(14-39)26(27(42)36-13-18-2-1-3-23-25(18)38-16-37-23)41(29(40)44)19-5-7-20(8-6-19)45-15-30(33,34)35/h1-9,12,16H,10-11,13-15H2,(H,36,42)(H,37,38). The number of nitrogens with zero attached hydrogens (tertiary/aromatic N) is 4. The number of para-hydroxylation sites is 1. The molecule has 1 aliphatic rings. The molecule has 0 fully saturated rings. The number of H-pyrrole nitrogens is 1. The molecule has 45 heavy (non-hydrogen) atoms. The summed E-state index contributed by atoms with van der Waals surface area (Å²) >= 11 is 9.53. The molecule has 0 saturated carbocycles. The maximum absolute atomic E-state index is 13.9. The van der Waals surface area contributed by atoms with Crippen LogP contribution in [-0.4, -0.2) is 55.1 Å². The van der Waals surface area contributed by atoms with E-state index < -0.39 is 24.4 Å². The second-order valence-electron chi connectivity index (χ2n) is 10.2. The first-order valence-electron chi connectivity index (χ1n) is 13.6.